The summed E-state index contributed by atoms with van der Waals surface area (Å²) >= 11 is 0. The summed E-state index contributed by atoms with van der Waals surface area (Å²) in [6.45, 7) is 8.85. The van der Waals surface area contributed by atoms with Crippen LogP contribution in [-0.4, -0.2) is 0 Å². The maximum atomic E-state index is 4.12. The summed E-state index contributed by atoms with van der Waals surface area (Å²) in [7, 11) is 0. The van der Waals surface area contributed by atoms with Crippen molar-refractivity contribution in [3.8, 4) is 0 Å². The summed E-state index contributed by atoms with van der Waals surface area (Å²) in [4.78, 5) is 0. The molecule has 0 bridgehead atoms. The Bertz CT molecular complexity index is 498. The fourth-order valence-corrected chi connectivity index (χ4v) is 4.57. The van der Waals surface area contributed by atoms with E-state index >= 15 is 0 Å². The second-order valence-electron chi connectivity index (χ2n) is 6.65. The third-order valence-electron chi connectivity index (χ3n) is 5.63. The number of hydrogen-bond donors (Lipinski definition) is 0. The number of allylic oxidation sites excluding steroid dienone is 7. The van der Waals surface area contributed by atoms with Gasteiger partial charge in [0, 0.05) is 11.8 Å². The highest BCUT2D eigenvalue weighted by molar-refractivity contribution is 5.57. The highest BCUT2D eigenvalue weighted by Crippen LogP contribution is 2.50. The fourth-order valence-electron chi connectivity index (χ4n) is 4.57. The topological polar surface area (TPSA) is 0 Å². The molecular formula is C20H28. The van der Waals surface area contributed by atoms with Crippen LogP contribution < -0.4 is 0 Å². The van der Waals surface area contributed by atoms with Gasteiger partial charge in [-0.25, -0.2) is 0 Å². The molecule has 1 saturated carbocycles. The van der Waals surface area contributed by atoms with Gasteiger partial charge in [0.25, 0.3) is 0 Å². The Morgan fingerprint density at radius 3 is 2.70 bits per heavy atom. The van der Waals surface area contributed by atoms with Crippen LogP contribution in [0.1, 0.15) is 65.2 Å². The van der Waals surface area contributed by atoms with Gasteiger partial charge in [-0.3, -0.25) is 0 Å². The number of rotatable bonds is 3. The second kappa shape index (κ2) is 5.76. The summed E-state index contributed by atoms with van der Waals surface area (Å²) in [5, 5.41) is 0. The minimum absolute atomic E-state index is 0.568. The maximum Gasteiger partial charge on any atom is 0.00513 e. The molecule has 0 N–H and O–H groups in total. The van der Waals surface area contributed by atoms with Gasteiger partial charge in [0.1, 0.15) is 0 Å². The van der Waals surface area contributed by atoms with E-state index < -0.39 is 0 Å². The molecule has 3 aliphatic carbocycles. The first-order valence-electron chi connectivity index (χ1n) is 8.54. The largest absolute Gasteiger partial charge is 0.102 e. The van der Waals surface area contributed by atoms with Gasteiger partial charge >= 0.3 is 0 Å². The molecule has 0 radical (unpaired) electrons. The molecule has 0 amide bonds. The van der Waals surface area contributed by atoms with Crippen LogP contribution in [0, 0.1) is 11.8 Å². The van der Waals surface area contributed by atoms with E-state index in [1.807, 2.05) is 0 Å². The average molecular weight is 268 g/mol. The lowest BCUT2D eigenvalue weighted by atomic mass is 9.65. The number of hydrogen-bond acceptors (Lipinski definition) is 0. The summed E-state index contributed by atoms with van der Waals surface area (Å²) < 4.78 is 0. The predicted molar refractivity (Wildman–Crippen MR) is 87.6 cm³/mol. The second-order valence-corrected chi connectivity index (χ2v) is 6.65. The Labute approximate surface area is 124 Å². The molecule has 2 atom stereocenters. The minimum atomic E-state index is 0.568. The monoisotopic (exact) mass is 268 g/mol. The first-order valence-corrected chi connectivity index (χ1v) is 8.54. The van der Waals surface area contributed by atoms with E-state index in [0.717, 1.165) is 5.92 Å². The van der Waals surface area contributed by atoms with Gasteiger partial charge in [0.05, 0.1) is 0 Å². The highest BCUT2D eigenvalue weighted by atomic mass is 14.4. The normalized spacial score (nSPS) is 27.7. The molecule has 3 rings (SSSR count). The van der Waals surface area contributed by atoms with Gasteiger partial charge in [-0.1, -0.05) is 24.6 Å². The van der Waals surface area contributed by atoms with Crippen LogP contribution in [0.5, 0.6) is 0 Å². The van der Waals surface area contributed by atoms with Crippen molar-refractivity contribution in [3.05, 3.63) is 46.6 Å². The smallest absolute Gasteiger partial charge is 0.00513 e. The maximum absolute atomic E-state index is 4.12. The van der Waals surface area contributed by atoms with Crippen molar-refractivity contribution in [2.45, 2.75) is 65.2 Å². The first-order chi connectivity index (χ1) is 9.77. The molecule has 3 aliphatic rings. The summed E-state index contributed by atoms with van der Waals surface area (Å²) in [5.41, 5.74) is 8.52. The van der Waals surface area contributed by atoms with E-state index in [1.54, 1.807) is 27.9 Å². The van der Waals surface area contributed by atoms with Gasteiger partial charge in [-0.15, -0.1) is 6.58 Å². The van der Waals surface area contributed by atoms with Crippen LogP contribution >= 0.6 is 0 Å². The van der Waals surface area contributed by atoms with Crippen molar-refractivity contribution in [3.63, 3.8) is 0 Å². The third kappa shape index (κ3) is 2.14. The number of fused-ring (bicyclic) bond motifs is 2. The van der Waals surface area contributed by atoms with Crippen LogP contribution in [-0.2, 0) is 0 Å². The Hall–Kier alpha value is -1.04. The molecule has 0 nitrogen and oxygen atoms in total. The molecule has 0 aliphatic heterocycles. The third-order valence-corrected chi connectivity index (χ3v) is 5.63. The van der Waals surface area contributed by atoms with E-state index in [0.29, 0.717) is 5.92 Å². The standard InChI is InChI=1S/C20H28/c1-4-15(5-2)20-18-12-8-6-10-16(18)14(3)17-11-7-9-13-19(17)20/h4,12,15-16H,1,5-11,13H2,2-3H3. The molecular weight excluding hydrogens is 240 g/mol. The predicted octanol–water partition coefficient (Wildman–Crippen LogP) is 6.13. The van der Waals surface area contributed by atoms with E-state index in [4.69, 9.17) is 0 Å². The van der Waals surface area contributed by atoms with Crippen molar-refractivity contribution in [1.82, 2.24) is 0 Å². The van der Waals surface area contributed by atoms with Crippen molar-refractivity contribution in [1.29, 1.82) is 0 Å². The van der Waals surface area contributed by atoms with Gasteiger partial charge < -0.3 is 0 Å². The molecule has 0 aromatic heterocycles. The quantitative estimate of drug-likeness (QED) is 0.540. The highest BCUT2D eigenvalue weighted by Gasteiger charge is 2.34. The van der Waals surface area contributed by atoms with E-state index in [-0.39, 0.29) is 0 Å². The molecule has 20 heavy (non-hydrogen) atoms. The molecule has 108 valence electrons. The lowest BCUT2D eigenvalue weighted by Crippen LogP contribution is -2.24. The molecule has 0 aromatic rings. The zero-order chi connectivity index (χ0) is 14.1. The Morgan fingerprint density at radius 1 is 1.25 bits per heavy atom. The molecule has 0 aromatic carbocycles. The SMILES string of the molecule is C=CC(CC)C1=C2CCCCC2=C(C)C2CCCC=C12. The summed E-state index contributed by atoms with van der Waals surface area (Å²) in [6.07, 6.45) is 15.3. The van der Waals surface area contributed by atoms with E-state index in [2.05, 4.69) is 32.6 Å². The van der Waals surface area contributed by atoms with Crippen LogP contribution in [0.15, 0.2) is 46.6 Å². The first kappa shape index (κ1) is 13.9. The molecule has 2 unspecified atom stereocenters. The zero-order valence-electron chi connectivity index (χ0n) is 13.2. The van der Waals surface area contributed by atoms with Crippen LogP contribution in [0.2, 0.25) is 0 Å². The Morgan fingerprint density at radius 2 is 2.00 bits per heavy atom. The van der Waals surface area contributed by atoms with Gasteiger partial charge in [-0.05, 0) is 80.6 Å². The lowest BCUT2D eigenvalue weighted by molar-refractivity contribution is 0.528. The lowest BCUT2D eigenvalue weighted by Gasteiger charge is -2.40. The summed E-state index contributed by atoms with van der Waals surface area (Å²) in [6, 6.07) is 0. The molecule has 0 heteroatoms. The molecule has 1 fully saturated rings. The Kier molecular flexibility index (Phi) is 4.01. The van der Waals surface area contributed by atoms with Crippen molar-refractivity contribution >= 4 is 0 Å². The van der Waals surface area contributed by atoms with E-state index in [1.165, 1.54) is 51.4 Å². The molecule has 0 spiro atoms. The van der Waals surface area contributed by atoms with Gasteiger partial charge in [0.2, 0.25) is 0 Å². The van der Waals surface area contributed by atoms with Crippen molar-refractivity contribution in [2.24, 2.45) is 11.8 Å². The van der Waals surface area contributed by atoms with Gasteiger partial charge in [0.15, 0.2) is 0 Å². The van der Waals surface area contributed by atoms with Crippen molar-refractivity contribution in [2.75, 3.05) is 0 Å². The Balaban J connectivity index is 2.17. The average Bonchev–Trinajstić information content (AvgIpc) is 2.51. The van der Waals surface area contributed by atoms with Crippen LogP contribution in [0.4, 0.5) is 0 Å². The van der Waals surface area contributed by atoms with Crippen LogP contribution in [0.3, 0.4) is 0 Å². The minimum Gasteiger partial charge on any atom is -0.102 e. The van der Waals surface area contributed by atoms with Crippen molar-refractivity contribution < 1.29 is 0 Å². The van der Waals surface area contributed by atoms with E-state index in [9.17, 15) is 0 Å². The summed E-state index contributed by atoms with van der Waals surface area (Å²) in [5.74, 6) is 1.29. The molecule has 0 heterocycles. The molecule has 0 saturated heterocycles. The fraction of sp³-hybridized carbons (Fsp3) is 0.600. The van der Waals surface area contributed by atoms with Gasteiger partial charge in [-0.2, -0.15) is 0 Å². The zero-order valence-corrected chi connectivity index (χ0v) is 13.2. The van der Waals surface area contributed by atoms with Crippen LogP contribution in [0.25, 0.3) is 0 Å².